The monoisotopic (exact) mass is 448 g/mol. The minimum absolute atomic E-state index is 0.0523. The van der Waals surface area contributed by atoms with Crippen LogP contribution in [0.5, 0.6) is 0 Å². The SMILES string of the molecule is CC1=CCCC(C)C1CN1CCCC(NC(=O)N2CCc3[nH]nc(-c4ccncc4)c3C2)C1. The van der Waals surface area contributed by atoms with Crippen molar-refractivity contribution in [1.82, 2.24) is 30.3 Å². The number of aromatic amines is 1. The molecule has 0 saturated carbocycles. The first kappa shape index (κ1) is 22.1. The predicted octanol–water partition coefficient (Wildman–Crippen LogP) is 4.00. The highest BCUT2D eigenvalue weighted by atomic mass is 16.2. The molecule has 0 aromatic carbocycles. The van der Waals surface area contributed by atoms with Crippen LogP contribution in [0.1, 0.15) is 50.8 Å². The molecule has 5 rings (SSSR count). The van der Waals surface area contributed by atoms with Crippen LogP contribution in [0.4, 0.5) is 4.79 Å². The summed E-state index contributed by atoms with van der Waals surface area (Å²) in [7, 11) is 0. The fraction of sp³-hybridized carbons (Fsp3) is 0.577. The highest BCUT2D eigenvalue weighted by Crippen LogP contribution is 2.32. The second-order valence-electron chi connectivity index (χ2n) is 10.1. The highest BCUT2D eigenvalue weighted by Gasteiger charge is 2.30. The van der Waals surface area contributed by atoms with E-state index in [-0.39, 0.29) is 12.1 Å². The van der Waals surface area contributed by atoms with Gasteiger partial charge in [-0.1, -0.05) is 18.6 Å². The molecule has 3 atom stereocenters. The van der Waals surface area contributed by atoms with Crippen LogP contribution in [-0.2, 0) is 13.0 Å². The lowest BCUT2D eigenvalue weighted by atomic mass is 9.79. The lowest BCUT2D eigenvalue weighted by Crippen LogP contribution is -2.53. The number of carbonyl (C=O) groups is 1. The summed E-state index contributed by atoms with van der Waals surface area (Å²) in [6, 6.07) is 4.21. The molecule has 2 amide bonds. The Kier molecular flexibility index (Phi) is 6.49. The Labute approximate surface area is 196 Å². The molecule has 3 aliphatic rings. The van der Waals surface area contributed by atoms with Crippen molar-refractivity contribution in [2.75, 3.05) is 26.2 Å². The van der Waals surface area contributed by atoms with Crippen molar-refractivity contribution in [1.29, 1.82) is 0 Å². The van der Waals surface area contributed by atoms with Crippen molar-refractivity contribution in [3.63, 3.8) is 0 Å². The molecular formula is C26H36N6O. The van der Waals surface area contributed by atoms with Gasteiger partial charge in [-0.2, -0.15) is 5.10 Å². The summed E-state index contributed by atoms with van der Waals surface area (Å²) in [4.78, 5) is 21.8. The number of pyridine rings is 1. The van der Waals surface area contributed by atoms with Crippen molar-refractivity contribution in [3.05, 3.63) is 47.4 Å². The molecule has 1 saturated heterocycles. The van der Waals surface area contributed by atoms with Crippen LogP contribution in [0.3, 0.4) is 0 Å². The van der Waals surface area contributed by atoms with Crippen molar-refractivity contribution >= 4 is 6.03 Å². The van der Waals surface area contributed by atoms with Gasteiger partial charge in [-0.25, -0.2) is 4.79 Å². The first-order valence-corrected chi connectivity index (χ1v) is 12.5. The zero-order chi connectivity index (χ0) is 22.8. The fourth-order valence-corrected chi connectivity index (χ4v) is 5.80. The Morgan fingerprint density at radius 2 is 2.09 bits per heavy atom. The number of urea groups is 1. The maximum Gasteiger partial charge on any atom is 0.317 e. The van der Waals surface area contributed by atoms with E-state index in [1.807, 2.05) is 17.0 Å². The molecule has 1 fully saturated rings. The fourth-order valence-electron chi connectivity index (χ4n) is 5.80. The Morgan fingerprint density at radius 1 is 1.24 bits per heavy atom. The number of H-pyrrole nitrogens is 1. The molecule has 3 unspecified atom stereocenters. The second-order valence-corrected chi connectivity index (χ2v) is 10.1. The zero-order valence-corrected chi connectivity index (χ0v) is 19.9. The molecule has 0 radical (unpaired) electrons. The zero-order valence-electron chi connectivity index (χ0n) is 19.9. The number of nitrogens with zero attached hydrogens (tertiary/aromatic N) is 4. The molecule has 2 aromatic rings. The molecule has 33 heavy (non-hydrogen) atoms. The normalized spacial score (nSPS) is 25.9. The third kappa shape index (κ3) is 4.83. The van der Waals surface area contributed by atoms with E-state index in [0.717, 1.165) is 73.9 Å². The summed E-state index contributed by atoms with van der Waals surface area (Å²) >= 11 is 0. The lowest BCUT2D eigenvalue weighted by Gasteiger charge is -2.39. The topological polar surface area (TPSA) is 77.2 Å². The largest absolute Gasteiger partial charge is 0.334 e. The van der Waals surface area contributed by atoms with Crippen molar-refractivity contribution in [2.24, 2.45) is 11.8 Å². The number of nitrogens with one attached hydrogen (secondary N) is 2. The Bertz CT molecular complexity index is 999. The average Bonchev–Trinajstić information content (AvgIpc) is 3.26. The van der Waals surface area contributed by atoms with E-state index in [1.165, 1.54) is 12.8 Å². The van der Waals surface area contributed by atoms with Crippen LogP contribution in [-0.4, -0.2) is 63.2 Å². The van der Waals surface area contributed by atoms with E-state index in [1.54, 1.807) is 18.0 Å². The number of likely N-dealkylation sites (tertiary alicyclic amines) is 1. The molecule has 2 aromatic heterocycles. The number of carbonyl (C=O) groups excluding carboxylic acids is 1. The van der Waals surface area contributed by atoms with Gasteiger partial charge in [0, 0.05) is 61.3 Å². The van der Waals surface area contributed by atoms with Crippen LogP contribution in [0.25, 0.3) is 11.3 Å². The lowest BCUT2D eigenvalue weighted by molar-refractivity contribution is 0.144. The molecule has 4 heterocycles. The van der Waals surface area contributed by atoms with Crippen molar-refractivity contribution in [3.8, 4) is 11.3 Å². The summed E-state index contributed by atoms with van der Waals surface area (Å²) in [6.45, 7) is 9.21. The van der Waals surface area contributed by atoms with Gasteiger partial charge in [-0.15, -0.1) is 0 Å². The van der Waals surface area contributed by atoms with E-state index >= 15 is 0 Å². The van der Waals surface area contributed by atoms with Gasteiger partial charge in [0.2, 0.25) is 0 Å². The van der Waals surface area contributed by atoms with Gasteiger partial charge >= 0.3 is 6.03 Å². The summed E-state index contributed by atoms with van der Waals surface area (Å²) in [5.74, 6) is 1.40. The van der Waals surface area contributed by atoms with Gasteiger partial charge in [-0.3, -0.25) is 10.1 Å². The molecule has 0 spiro atoms. The van der Waals surface area contributed by atoms with Gasteiger partial charge < -0.3 is 15.1 Å². The van der Waals surface area contributed by atoms with E-state index in [2.05, 4.69) is 45.3 Å². The number of piperidine rings is 1. The minimum Gasteiger partial charge on any atom is -0.334 e. The second kappa shape index (κ2) is 9.67. The summed E-state index contributed by atoms with van der Waals surface area (Å²) in [5, 5.41) is 11.1. The van der Waals surface area contributed by atoms with Crippen LogP contribution in [0.2, 0.25) is 0 Å². The predicted molar refractivity (Wildman–Crippen MR) is 130 cm³/mol. The van der Waals surface area contributed by atoms with Crippen LogP contribution in [0.15, 0.2) is 36.2 Å². The average molecular weight is 449 g/mol. The maximum absolute atomic E-state index is 13.2. The number of hydrogen-bond donors (Lipinski definition) is 2. The van der Waals surface area contributed by atoms with E-state index in [9.17, 15) is 4.79 Å². The smallest absolute Gasteiger partial charge is 0.317 e. The molecule has 7 heteroatoms. The number of allylic oxidation sites excluding steroid dienone is 1. The molecule has 7 nitrogen and oxygen atoms in total. The molecule has 2 aliphatic heterocycles. The third-order valence-electron chi connectivity index (χ3n) is 7.82. The number of amides is 2. The standard InChI is InChI=1S/C26H36N6O/c1-18-5-3-6-19(2)22(18)16-31-13-4-7-21(15-31)28-26(33)32-14-10-24-23(17-32)25(30-29-24)20-8-11-27-12-9-20/h5,8-9,11-12,19,21-22H,3-4,6-7,10,13-17H2,1-2H3,(H,28,33)(H,29,30). The third-order valence-corrected chi connectivity index (χ3v) is 7.82. The number of aromatic nitrogens is 3. The first-order chi connectivity index (χ1) is 16.1. The van der Waals surface area contributed by atoms with Gasteiger partial charge in [-0.05, 0) is 63.1 Å². The number of fused-ring (bicyclic) bond motifs is 1. The van der Waals surface area contributed by atoms with Crippen molar-refractivity contribution in [2.45, 2.75) is 58.5 Å². The molecule has 1 aliphatic carbocycles. The van der Waals surface area contributed by atoms with Crippen LogP contribution in [0, 0.1) is 11.8 Å². The highest BCUT2D eigenvalue weighted by molar-refractivity contribution is 5.75. The summed E-state index contributed by atoms with van der Waals surface area (Å²) < 4.78 is 0. The quantitative estimate of drug-likeness (QED) is 0.693. The number of rotatable bonds is 4. The summed E-state index contributed by atoms with van der Waals surface area (Å²) in [5.41, 5.74) is 5.78. The van der Waals surface area contributed by atoms with E-state index in [0.29, 0.717) is 12.5 Å². The Morgan fingerprint density at radius 3 is 2.91 bits per heavy atom. The van der Waals surface area contributed by atoms with E-state index < -0.39 is 0 Å². The van der Waals surface area contributed by atoms with Crippen LogP contribution >= 0.6 is 0 Å². The van der Waals surface area contributed by atoms with Crippen LogP contribution < -0.4 is 5.32 Å². The summed E-state index contributed by atoms with van der Waals surface area (Å²) in [6.07, 6.45) is 11.5. The van der Waals surface area contributed by atoms with Gasteiger partial charge in [0.1, 0.15) is 0 Å². The molecular weight excluding hydrogens is 412 g/mol. The Balaban J connectivity index is 1.20. The van der Waals surface area contributed by atoms with Gasteiger partial charge in [0.25, 0.3) is 0 Å². The van der Waals surface area contributed by atoms with Gasteiger partial charge in [0.15, 0.2) is 0 Å². The molecule has 0 bridgehead atoms. The van der Waals surface area contributed by atoms with Gasteiger partial charge in [0.05, 0.1) is 12.2 Å². The molecule has 2 N–H and O–H groups in total. The maximum atomic E-state index is 13.2. The molecule has 176 valence electrons. The van der Waals surface area contributed by atoms with E-state index in [4.69, 9.17) is 0 Å². The first-order valence-electron chi connectivity index (χ1n) is 12.5. The number of hydrogen-bond acceptors (Lipinski definition) is 4. The van der Waals surface area contributed by atoms with Crippen molar-refractivity contribution < 1.29 is 4.79 Å². The Hall–Kier alpha value is -2.67. The minimum atomic E-state index is 0.0523.